The lowest BCUT2D eigenvalue weighted by atomic mass is 9.71. The number of thioether (sulfide) groups is 2. The van der Waals surface area contributed by atoms with Crippen LogP contribution in [0.1, 0.15) is 188 Å². The normalized spacial score (nSPS) is 25.5. The number of carbonyl (C=O) groups is 6. The first-order chi connectivity index (χ1) is 62.5. The third-order valence-electron chi connectivity index (χ3n) is 26.4. The van der Waals surface area contributed by atoms with Crippen molar-refractivity contribution >= 4 is 71.0 Å². The molecule has 14 aliphatic rings. The van der Waals surface area contributed by atoms with E-state index in [-0.39, 0.29) is 132 Å². The minimum Gasteiger partial charge on any atom is -0.507 e. The molecule has 37 heteroatoms. The van der Waals surface area contributed by atoms with Crippen LogP contribution in [0.15, 0.2) is 61.7 Å². The first kappa shape index (κ1) is 100. The highest BCUT2D eigenvalue weighted by molar-refractivity contribution is 7.99. The third kappa shape index (κ3) is 17.0. The zero-order valence-electron chi connectivity index (χ0n) is 75.5. The zero-order valence-corrected chi connectivity index (χ0v) is 77.9. The van der Waals surface area contributed by atoms with Gasteiger partial charge in [-0.2, -0.15) is 10.5 Å². The summed E-state index contributed by atoms with van der Waals surface area (Å²) in [7, 11) is 9.90. The standard InChI is InChI=1S/C47H52N4O13S.C43H48N4O11S.C4H5ClO2.3CH4/c1-10-13-58-44(54)63-39-23(3)40-41(61-21-60-40)33-29-19-59-43(53)47(26-17-30(56-8)31(16-24(26)11-12-49-47)62-45(55)64-46(4,5)6)20-65-42(34(33)39)36-35-32-25(14-22(2)38(57-9)37(32)52)15-27(50(35)7)28(18-48)51(29)36;1-19-11-22-12-24-25(15-44)47-26-16-54-40(50)43(23-14-27(52-7)28(13-21(23)9-10-45-43)57-41(51)58-42(3,4)5)17-59-39(31-30(26)38-37(55-18-56-38)20(2)34(31)48)33(47)32(46(24)6)29(22)35(49)36(19)53-8;1-2-3-7-4(5)6;;;/h10,14,16-17,27-29,35-36,42,49,52H,1,11-13,15,19-21H2,2-9H3;11,13-14,24-26,32-33,39,45,48-49H,9-10,12,16-18H2,1-8H3;2H,1,3H2;3*1H4/t27-,28-,29-,35+,36?,42+,47+;24-,25-,26-,32+,33?,39+,43+;;;;/m00..../s1. The number of aryl methyl sites for hydroxylation is 2. The molecule has 0 amide bonds. The van der Waals surface area contributed by atoms with Gasteiger partial charge in [-0.25, -0.2) is 28.8 Å². The van der Waals surface area contributed by atoms with E-state index in [1.54, 1.807) is 79.7 Å². The average molecular weight is 1910 g/mol. The smallest absolute Gasteiger partial charge is 0.507 e. The van der Waals surface area contributed by atoms with Gasteiger partial charge in [0.15, 0.2) is 80.1 Å². The summed E-state index contributed by atoms with van der Waals surface area (Å²) in [5, 5.41) is 64.7. The van der Waals surface area contributed by atoms with E-state index in [9.17, 15) is 49.8 Å². The molecule has 20 rings (SSSR count). The Morgan fingerprint density at radius 3 is 1.34 bits per heavy atom. The van der Waals surface area contributed by atoms with Crippen LogP contribution in [-0.4, -0.2) is 225 Å². The molecule has 14 aliphatic heterocycles. The molecular weight excluding hydrogens is 1790 g/mol. The molecule has 134 heavy (non-hydrogen) atoms. The molecule has 2 spiro atoms. The number of phenols is 3. The summed E-state index contributed by atoms with van der Waals surface area (Å²) < 4.78 is 98.5. The molecule has 6 aromatic rings. The quantitative estimate of drug-likeness (QED) is 0.0264. The molecule has 34 nitrogen and oxygen atoms in total. The van der Waals surface area contributed by atoms with Crippen LogP contribution >= 0.6 is 35.1 Å². The number of esters is 2. The number of piperazine rings is 2. The minimum atomic E-state index is -1.49. The molecule has 14 atom stereocenters. The Morgan fingerprint density at radius 2 is 0.940 bits per heavy atom. The van der Waals surface area contributed by atoms with Crippen LogP contribution in [0.2, 0.25) is 0 Å². The number of phenolic OH excluding ortho intramolecular Hbond substituents is 3. The summed E-state index contributed by atoms with van der Waals surface area (Å²) in [5.41, 5.74) is 5.45. The largest absolute Gasteiger partial charge is 0.514 e. The van der Waals surface area contributed by atoms with Gasteiger partial charge in [0, 0.05) is 105 Å². The molecular formula is C97H117ClN8O26S2. The van der Waals surface area contributed by atoms with Crippen LogP contribution < -0.4 is 62.7 Å². The Labute approximate surface area is 792 Å². The van der Waals surface area contributed by atoms with Gasteiger partial charge in [-0.3, -0.25) is 30.2 Å². The second-order valence-electron chi connectivity index (χ2n) is 35.9. The first-order valence-electron chi connectivity index (χ1n) is 42.9. The van der Waals surface area contributed by atoms with Crippen LogP contribution in [0.5, 0.6) is 80.5 Å². The Balaban J connectivity index is 0.000000208. The number of halogens is 1. The molecule has 720 valence electrons. The third-order valence-corrected chi connectivity index (χ3v) is 29.4. The number of nitriles is 2. The van der Waals surface area contributed by atoms with E-state index < -0.39 is 117 Å². The monoisotopic (exact) mass is 1910 g/mol. The fourth-order valence-electron chi connectivity index (χ4n) is 21.2. The van der Waals surface area contributed by atoms with Gasteiger partial charge in [0.1, 0.15) is 61.2 Å². The van der Waals surface area contributed by atoms with Crippen molar-refractivity contribution in [2.75, 3.05) is 107 Å². The number of ether oxygens (including phenoxy) is 17. The van der Waals surface area contributed by atoms with Crippen LogP contribution in [0.4, 0.5) is 19.2 Å². The van der Waals surface area contributed by atoms with Gasteiger partial charge in [0.2, 0.25) is 13.6 Å². The zero-order chi connectivity index (χ0) is 93.8. The van der Waals surface area contributed by atoms with Gasteiger partial charge in [-0.05, 0) is 178 Å². The van der Waals surface area contributed by atoms with Crippen molar-refractivity contribution in [2.45, 2.75) is 210 Å². The molecule has 0 radical (unpaired) electrons. The van der Waals surface area contributed by atoms with E-state index in [2.05, 4.69) is 60.3 Å². The molecule has 0 saturated carbocycles. The van der Waals surface area contributed by atoms with Crippen molar-refractivity contribution in [2.24, 2.45) is 0 Å². The Hall–Kier alpha value is -11.4. The minimum absolute atomic E-state index is 0. The number of nitrogens with zero attached hydrogens (tertiary/aromatic N) is 6. The molecule has 6 aromatic carbocycles. The number of fused-ring (bicyclic) bond motifs is 18. The number of likely N-dealkylation sites (N-methyl/N-ethyl adjacent to an activating group) is 2. The molecule has 2 unspecified atom stereocenters. The number of methoxy groups -OCH3 is 4. The maximum absolute atomic E-state index is 15.1. The van der Waals surface area contributed by atoms with Crippen molar-refractivity contribution < 1.29 is 125 Å². The van der Waals surface area contributed by atoms with E-state index in [4.69, 9.17) is 87.4 Å². The van der Waals surface area contributed by atoms with Crippen molar-refractivity contribution in [1.29, 1.82) is 10.5 Å². The van der Waals surface area contributed by atoms with Crippen LogP contribution in [0.3, 0.4) is 0 Å². The number of hydrogen-bond donors (Lipinski definition) is 5. The lowest BCUT2D eigenvalue weighted by Gasteiger charge is -2.62. The van der Waals surface area contributed by atoms with Crippen molar-refractivity contribution in [3.63, 3.8) is 0 Å². The lowest BCUT2D eigenvalue weighted by Crippen LogP contribution is -2.69. The predicted octanol–water partition coefficient (Wildman–Crippen LogP) is 15.2. The number of hydrogen-bond acceptors (Lipinski definition) is 36. The maximum Gasteiger partial charge on any atom is 0.514 e. The SMILES string of the molecule is C.C.C.C=CCOC(=O)Cl.C=CCOC(=O)Oc1c(C)c2c(c3c1[C@H]1SC[C@]4(NCCc5cc(OC(=O)OC(C)(C)C)c(OC)cc54)C(=O)OC[C@@H]3N3C1[C@H]1c4c(cc(C)c(OC)c4O)C[C@@H]([C@@H]3C#N)N1C)OCO2.COc1cc2c(cc1OC(=O)OC(C)(C)C)CCN[C@]21CS[C@@H]2c3c(O)c(C)c4c(c3[C@H](COC1=O)N1C2[C@H]2c3c(cc(C)c(OC)c3O)C[C@@H]([C@@H]1C#N)N2C)OCO4. The number of benzene rings is 6. The van der Waals surface area contributed by atoms with Crippen molar-refractivity contribution in [3.05, 3.63) is 151 Å². The van der Waals surface area contributed by atoms with Gasteiger partial charge in [-0.15, -0.1) is 23.5 Å². The molecule has 14 heterocycles. The molecule has 0 aliphatic carbocycles. The summed E-state index contributed by atoms with van der Waals surface area (Å²) in [6, 6.07) is 10.2. The number of carbonyl (C=O) groups excluding carboxylic acids is 6. The Bertz CT molecular complexity index is 5790. The molecule has 0 aromatic heterocycles. The van der Waals surface area contributed by atoms with Crippen molar-refractivity contribution in [3.8, 4) is 92.6 Å². The van der Waals surface area contributed by atoms with E-state index in [0.717, 1.165) is 33.4 Å². The van der Waals surface area contributed by atoms with E-state index >= 15 is 4.79 Å². The van der Waals surface area contributed by atoms with E-state index in [0.29, 0.717) is 129 Å². The topological polar surface area (TPSA) is 405 Å². The highest BCUT2D eigenvalue weighted by Crippen LogP contribution is 2.68. The number of rotatable bonds is 11. The van der Waals surface area contributed by atoms with Crippen LogP contribution in [-0.2, 0) is 74.8 Å². The van der Waals surface area contributed by atoms with Gasteiger partial charge in [-0.1, -0.05) is 59.7 Å². The molecule has 4 fully saturated rings. The van der Waals surface area contributed by atoms with Gasteiger partial charge < -0.3 is 95.8 Å². The van der Waals surface area contributed by atoms with Crippen molar-refractivity contribution in [1.82, 2.24) is 30.2 Å². The lowest BCUT2D eigenvalue weighted by molar-refractivity contribution is -0.158. The summed E-state index contributed by atoms with van der Waals surface area (Å²) in [4.78, 5) is 87.5. The number of nitrogens with one attached hydrogen (secondary N) is 2. The molecule has 4 saturated heterocycles. The summed E-state index contributed by atoms with van der Waals surface area (Å²) in [6.07, 6.45) is 2.02. The summed E-state index contributed by atoms with van der Waals surface area (Å²) >= 11 is 7.62. The van der Waals surface area contributed by atoms with E-state index in [1.807, 2.05) is 40.1 Å². The fourth-order valence-corrected chi connectivity index (χ4v) is 24.6. The maximum atomic E-state index is 15.1. The molecule has 5 N–H and O–H groups in total. The average Bonchev–Trinajstić information content (AvgIpc) is 0.939. The highest BCUT2D eigenvalue weighted by Gasteiger charge is 2.65. The van der Waals surface area contributed by atoms with Crippen LogP contribution in [0.25, 0.3) is 0 Å². The summed E-state index contributed by atoms with van der Waals surface area (Å²) in [6.45, 7) is 24.9. The highest BCUT2D eigenvalue weighted by atomic mass is 35.5. The van der Waals surface area contributed by atoms with E-state index in [1.165, 1.54) is 64.1 Å². The number of aromatic hydroxyl groups is 3. The van der Waals surface area contributed by atoms with Gasteiger partial charge >= 0.3 is 35.8 Å². The Morgan fingerprint density at radius 1 is 0.530 bits per heavy atom. The molecule has 8 bridgehead atoms. The first-order valence-corrected chi connectivity index (χ1v) is 45.3. The van der Waals surface area contributed by atoms with Gasteiger partial charge in [0.25, 0.3) is 0 Å². The predicted molar refractivity (Wildman–Crippen MR) is 495 cm³/mol. The fraction of sp³-hybridized carbons (Fsp3) is 0.505. The second-order valence-corrected chi connectivity index (χ2v) is 38.5. The van der Waals surface area contributed by atoms with Gasteiger partial charge in [0.05, 0.1) is 75.2 Å². The van der Waals surface area contributed by atoms with Crippen LogP contribution in [0, 0.1) is 50.4 Å². The summed E-state index contributed by atoms with van der Waals surface area (Å²) in [5.74, 6) is 2.37. The second kappa shape index (κ2) is 38.7. The Kier molecular flexibility index (Phi) is 28.9.